The Labute approximate surface area is 265 Å². The Morgan fingerprint density at radius 2 is 1.70 bits per heavy atom. The molecule has 2 amide bonds. The number of alkyl halides is 1. The van der Waals surface area contributed by atoms with Gasteiger partial charge in [-0.05, 0) is 62.5 Å². The minimum Gasteiger partial charge on any atom is -0.474 e. The van der Waals surface area contributed by atoms with Gasteiger partial charge in [-0.1, -0.05) is 6.07 Å². The zero-order valence-electron chi connectivity index (χ0n) is 25.0. The van der Waals surface area contributed by atoms with E-state index in [4.69, 9.17) is 9.47 Å². The Balaban J connectivity index is 1.91. The summed E-state index contributed by atoms with van der Waals surface area (Å²) in [6.45, 7) is 0.0396. The smallest absolute Gasteiger partial charge is 0.415 e. The second kappa shape index (κ2) is 15.3. The van der Waals surface area contributed by atoms with Gasteiger partial charge in [-0.25, -0.2) is 18.0 Å². The molecule has 0 aliphatic carbocycles. The number of nitrogens with one attached hydrogen (secondary N) is 1. The quantitative estimate of drug-likeness (QED) is 0.131. The predicted octanol–water partition coefficient (Wildman–Crippen LogP) is 6.22. The van der Waals surface area contributed by atoms with Gasteiger partial charge in [0.05, 0.1) is 23.6 Å². The summed E-state index contributed by atoms with van der Waals surface area (Å²) in [5, 5.41) is 21.6. The minimum absolute atomic E-state index is 0.000311. The third-order valence-corrected chi connectivity index (χ3v) is 7.65. The van der Waals surface area contributed by atoms with Crippen LogP contribution in [0.15, 0.2) is 54.6 Å². The van der Waals surface area contributed by atoms with Crippen molar-refractivity contribution < 1.29 is 37.2 Å². The lowest BCUT2D eigenvalue weighted by molar-refractivity contribution is -0.384. The van der Waals surface area contributed by atoms with Crippen molar-refractivity contribution in [2.45, 2.75) is 20.0 Å². The summed E-state index contributed by atoms with van der Waals surface area (Å²) in [4.78, 5) is 41.4. The van der Waals surface area contributed by atoms with Crippen molar-refractivity contribution in [1.29, 1.82) is 0 Å². The van der Waals surface area contributed by atoms with E-state index in [1.165, 1.54) is 42.5 Å². The highest BCUT2D eigenvalue weighted by Gasteiger charge is 2.33. The first-order valence-corrected chi connectivity index (χ1v) is 14.6. The van der Waals surface area contributed by atoms with Gasteiger partial charge in [0.2, 0.25) is 5.88 Å². The molecule has 2 aromatic carbocycles. The maximum Gasteiger partial charge on any atom is 0.415 e. The van der Waals surface area contributed by atoms with E-state index in [2.05, 4.69) is 15.5 Å². The molecule has 2 heterocycles. The monoisotopic (exact) mass is 658 g/mol. The topological polar surface area (TPSA) is 140 Å². The summed E-state index contributed by atoms with van der Waals surface area (Å²) in [5.74, 6) is -2.55. The van der Waals surface area contributed by atoms with E-state index in [-0.39, 0.29) is 47.7 Å². The van der Waals surface area contributed by atoms with Gasteiger partial charge in [-0.3, -0.25) is 19.8 Å². The van der Waals surface area contributed by atoms with E-state index in [1.807, 2.05) is 0 Å². The van der Waals surface area contributed by atoms with Crippen molar-refractivity contribution >= 4 is 39.8 Å². The van der Waals surface area contributed by atoms with Gasteiger partial charge in [0.25, 0.3) is 11.6 Å². The average Bonchev–Trinajstić information content (AvgIpc) is 3.38. The van der Waals surface area contributed by atoms with E-state index in [9.17, 15) is 32.9 Å². The summed E-state index contributed by atoms with van der Waals surface area (Å²) in [6.07, 6.45) is -0.971. The highest BCUT2D eigenvalue weighted by Crippen LogP contribution is 2.44. The second-order valence-corrected chi connectivity index (χ2v) is 10.9. The number of benzene rings is 2. The number of nitrogens with zero attached hydrogens (tertiary/aromatic N) is 5. The lowest BCUT2D eigenvalue weighted by atomic mass is 10.0. The molecule has 0 spiro atoms. The van der Waals surface area contributed by atoms with Crippen LogP contribution < -0.4 is 15.0 Å². The molecule has 0 aliphatic rings. The Kier molecular flexibility index (Phi) is 11.2. The van der Waals surface area contributed by atoms with Gasteiger partial charge in [0.15, 0.2) is 5.82 Å². The SMILES string of the molecule is CCOC(=O)N(Cc1c(F)cccc1F)c1sc(-c2ccc([N+](=O)[O-])cc2)c(CN(C)C)c1C(=O)Nc1ccc(OCCF)nn1. The number of rotatable bonds is 13. The normalized spacial score (nSPS) is 10.9. The molecule has 2 aromatic heterocycles. The maximum atomic E-state index is 14.9. The lowest BCUT2D eigenvalue weighted by Gasteiger charge is -2.23. The molecule has 0 bridgehead atoms. The maximum absolute atomic E-state index is 14.9. The predicted molar refractivity (Wildman–Crippen MR) is 165 cm³/mol. The van der Waals surface area contributed by atoms with Crippen molar-refractivity contribution in [3.05, 3.63) is 93.0 Å². The van der Waals surface area contributed by atoms with E-state index >= 15 is 0 Å². The molecule has 242 valence electrons. The summed E-state index contributed by atoms with van der Waals surface area (Å²) >= 11 is 0.970. The van der Waals surface area contributed by atoms with Crippen LogP contribution in [0.25, 0.3) is 10.4 Å². The highest BCUT2D eigenvalue weighted by atomic mass is 32.1. The molecule has 0 atom stereocenters. The number of hydrogen-bond donors (Lipinski definition) is 1. The third-order valence-electron chi connectivity index (χ3n) is 6.35. The zero-order valence-corrected chi connectivity index (χ0v) is 25.8. The van der Waals surface area contributed by atoms with Crippen molar-refractivity contribution in [2.75, 3.05) is 44.2 Å². The van der Waals surface area contributed by atoms with E-state index in [0.717, 1.165) is 28.4 Å². The van der Waals surface area contributed by atoms with Gasteiger partial charge < -0.3 is 19.7 Å². The molecule has 0 aliphatic heterocycles. The number of aromatic nitrogens is 2. The van der Waals surface area contributed by atoms with Crippen LogP contribution in [0.1, 0.15) is 28.4 Å². The standard InChI is InChI=1S/C30H29F3N6O6S/c1-4-44-30(41)38(17-20-22(32)6-5-7-23(20)33)29-26(28(40)34-24-12-13-25(36-35-24)45-15-14-31)21(16-37(2)3)27(46-29)18-8-10-19(11-9-18)39(42)43/h5-13H,4,14-17H2,1-3H3,(H,34,35,40). The number of carbonyl (C=O) groups excluding carboxylic acids is 2. The van der Waals surface area contributed by atoms with Gasteiger partial charge in [-0.15, -0.1) is 21.5 Å². The van der Waals surface area contributed by atoms with Crippen LogP contribution >= 0.6 is 11.3 Å². The first kappa shape index (κ1) is 33.8. The molecule has 4 rings (SSSR count). The molecule has 0 fully saturated rings. The number of carbonyl (C=O) groups is 2. The van der Waals surface area contributed by atoms with Gasteiger partial charge in [0.1, 0.15) is 29.9 Å². The molecular weight excluding hydrogens is 629 g/mol. The third kappa shape index (κ3) is 7.94. The van der Waals surface area contributed by atoms with Crippen LogP contribution in [-0.4, -0.2) is 66.0 Å². The van der Waals surface area contributed by atoms with Gasteiger partial charge in [0, 0.05) is 35.2 Å². The van der Waals surface area contributed by atoms with Crippen molar-refractivity contribution in [3.63, 3.8) is 0 Å². The number of nitro groups is 1. The molecule has 4 aromatic rings. The fourth-order valence-corrected chi connectivity index (χ4v) is 5.66. The number of anilines is 2. The van der Waals surface area contributed by atoms with E-state index < -0.39 is 47.3 Å². The summed E-state index contributed by atoms with van der Waals surface area (Å²) in [6, 6.07) is 11.6. The van der Waals surface area contributed by atoms with Crippen LogP contribution in [0.3, 0.4) is 0 Å². The van der Waals surface area contributed by atoms with Crippen LogP contribution in [-0.2, 0) is 17.8 Å². The van der Waals surface area contributed by atoms with E-state index in [1.54, 1.807) is 25.9 Å². The fraction of sp³-hybridized carbons (Fsp3) is 0.267. The Morgan fingerprint density at radius 1 is 1.00 bits per heavy atom. The molecule has 0 saturated heterocycles. The molecule has 1 N–H and O–H groups in total. The number of amides is 2. The largest absolute Gasteiger partial charge is 0.474 e. The average molecular weight is 659 g/mol. The number of nitro benzene ring substituents is 1. The molecular formula is C30H29F3N6O6S. The minimum atomic E-state index is -0.971. The van der Waals surface area contributed by atoms with Gasteiger partial charge in [-0.2, -0.15) is 0 Å². The summed E-state index contributed by atoms with van der Waals surface area (Å²) in [5.41, 5.74) is 0.277. The number of hydrogen-bond acceptors (Lipinski definition) is 10. The van der Waals surface area contributed by atoms with Crippen LogP contribution in [0.2, 0.25) is 0 Å². The van der Waals surface area contributed by atoms with Crippen molar-refractivity contribution in [3.8, 4) is 16.3 Å². The molecule has 12 nitrogen and oxygen atoms in total. The second-order valence-electron chi connectivity index (χ2n) is 9.87. The van der Waals surface area contributed by atoms with E-state index in [0.29, 0.717) is 16.0 Å². The number of ether oxygens (including phenoxy) is 2. The zero-order chi connectivity index (χ0) is 33.4. The summed E-state index contributed by atoms with van der Waals surface area (Å²) in [7, 11) is 3.50. The van der Waals surface area contributed by atoms with Crippen LogP contribution in [0, 0.1) is 21.7 Å². The lowest BCUT2D eigenvalue weighted by Crippen LogP contribution is -2.33. The van der Waals surface area contributed by atoms with Gasteiger partial charge >= 0.3 is 6.09 Å². The Morgan fingerprint density at radius 3 is 2.26 bits per heavy atom. The first-order valence-electron chi connectivity index (χ1n) is 13.8. The van der Waals surface area contributed by atoms with Crippen molar-refractivity contribution in [1.82, 2.24) is 15.1 Å². The number of halogens is 3. The Bertz CT molecular complexity index is 1680. The Hall–Kier alpha value is -5.09. The highest BCUT2D eigenvalue weighted by molar-refractivity contribution is 7.20. The number of non-ortho nitro benzene ring substituents is 1. The van der Waals surface area contributed by atoms with Crippen LogP contribution in [0.4, 0.5) is 34.5 Å². The first-order chi connectivity index (χ1) is 22.0. The molecule has 0 radical (unpaired) electrons. The molecule has 0 unspecified atom stereocenters. The fourth-order valence-electron chi connectivity index (χ4n) is 4.36. The molecule has 0 saturated carbocycles. The van der Waals surface area contributed by atoms with Crippen molar-refractivity contribution in [2.24, 2.45) is 0 Å². The van der Waals surface area contributed by atoms with Crippen LogP contribution in [0.5, 0.6) is 5.88 Å². The molecule has 46 heavy (non-hydrogen) atoms. The molecule has 16 heteroatoms. The summed E-state index contributed by atoms with van der Waals surface area (Å²) < 4.78 is 52.5. The number of thiophene rings is 1.